The quantitative estimate of drug-likeness (QED) is 0.446. The Morgan fingerprint density at radius 3 is 2.30 bits per heavy atom. The predicted molar refractivity (Wildman–Crippen MR) is 49.4 cm³/mol. The van der Waals surface area contributed by atoms with Crippen LogP contribution in [0.4, 0.5) is 0 Å². The molecule has 0 spiro atoms. The summed E-state index contributed by atoms with van der Waals surface area (Å²) in [6.45, 7) is 4.12. The van der Waals surface area contributed by atoms with Gasteiger partial charge in [-0.25, -0.2) is 0 Å². The minimum absolute atomic E-state index is 0.936. The van der Waals surface area contributed by atoms with Gasteiger partial charge in [0, 0.05) is 5.75 Å². The maximum absolute atomic E-state index is 8.66. The molecule has 0 rings (SSSR count). The lowest BCUT2D eigenvalue weighted by Crippen LogP contribution is -1.94. The summed E-state index contributed by atoms with van der Waals surface area (Å²) in [4.78, 5) is 0. The van der Waals surface area contributed by atoms with Gasteiger partial charge in [-0.1, -0.05) is 11.6 Å². The molecule has 0 saturated heterocycles. The Morgan fingerprint density at radius 2 is 2.00 bits per heavy atom. The molecular weight excluding hydrogens is 142 g/mol. The van der Waals surface area contributed by atoms with Crippen LogP contribution in [0.3, 0.4) is 0 Å². The van der Waals surface area contributed by atoms with Crippen molar-refractivity contribution in [1.29, 1.82) is 5.26 Å². The van der Waals surface area contributed by atoms with Gasteiger partial charge in [-0.05, 0) is 26.4 Å². The molecule has 0 radical (unpaired) electrons. The van der Waals surface area contributed by atoms with Crippen molar-refractivity contribution < 1.29 is 0 Å². The standard InChI is InChI=1S/C8H15NS/c1-8(2)5-6-10(3,4)7-9/h5H,6H2,1-4H3. The summed E-state index contributed by atoms with van der Waals surface area (Å²) in [6, 6.07) is 0. The molecule has 58 valence electrons. The minimum atomic E-state index is -0.985. The lowest BCUT2D eigenvalue weighted by Gasteiger charge is -2.18. The first-order valence-electron chi connectivity index (χ1n) is 3.23. The molecule has 0 aliphatic carbocycles. The van der Waals surface area contributed by atoms with E-state index in [9.17, 15) is 0 Å². The Hall–Kier alpha value is -0.420. The van der Waals surface area contributed by atoms with E-state index in [0.717, 1.165) is 5.75 Å². The van der Waals surface area contributed by atoms with Crippen molar-refractivity contribution in [3.05, 3.63) is 11.6 Å². The lowest BCUT2D eigenvalue weighted by atomic mass is 10.3. The monoisotopic (exact) mass is 157 g/mol. The van der Waals surface area contributed by atoms with E-state index in [-0.39, 0.29) is 0 Å². The number of allylic oxidation sites excluding steroid dienone is 1. The summed E-state index contributed by atoms with van der Waals surface area (Å²) in [5.74, 6) is 0.936. The van der Waals surface area contributed by atoms with Crippen LogP contribution in [0.5, 0.6) is 0 Å². The average Bonchev–Trinajstić information content (AvgIpc) is 1.85. The van der Waals surface area contributed by atoms with Gasteiger partial charge in [0.25, 0.3) is 0 Å². The third kappa shape index (κ3) is 4.46. The zero-order valence-electron chi connectivity index (χ0n) is 7.14. The molecule has 0 unspecified atom stereocenters. The van der Waals surface area contributed by atoms with E-state index in [2.05, 4.69) is 25.3 Å². The van der Waals surface area contributed by atoms with E-state index < -0.39 is 10.0 Å². The Morgan fingerprint density at radius 1 is 1.50 bits per heavy atom. The number of hydrogen-bond acceptors (Lipinski definition) is 1. The first-order valence-corrected chi connectivity index (χ1v) is 5.85. The summed E-state index contributed by atoms with van der Waals surface area (Å²) < 4.78 is 0. The van der Waals surface area contributed by atoms with Gasteiger partial charge in [0.2, 0.25) is 0 Å². The summed E-state index contributed by atoms with van der Waals surface area (Å²) in [6.07, 6.45) is 6.21. The summed E-state index contributed by atoms with van der Waals surface area (Å²) in [7, 11) is -0.985. The molecule has 0 heterocycles. The minimum Gasteiger partial charge on any atom is -0.187 e. The van der Waals surface area contributed by atoms with E-state index in [1.807, 2.05) is 12.5 Å². The van der Waals surface area contributed by atoms with E-state index in [1.54, 1.807) is 0 Å². The molecule has 0 amide bonds. The first kappa shape index (κ1) is 9.58. The maximum Gasteiger partial charge on any atom is 0.113 e. The van der Waals surface area contributed by atoms with Gasteiger partial charge in [0.15, 0.2) is 0 Å². The van der Waals surface area contributed by atoms with Crippen LogP contribution in [0, 0.1) is 10.7 Å². The van der Waals surface area contributed by atoms with Crippen molar-refractivity contribution in [1.82, 2.24) is 0 Å². The lowest BCUT2D eigenvalue weighted by molar-refractivity contribution is 1.37. The summed E-state index contributed by atoms with van der Waals surface area (Å²) >= 11 is 0. The van der Waals surface area contributed by atoms with Gasteiger partial charge >= 0.3 is 0 Å². The van der Waals surface area contributed by atoms with Crippen LogP contribution >= 0.6 is 10.0 Å². The van der Waals surface area contributed by atoms with Crippen molar-refractivity contribution in [3.8, 4) is 5.40 Å². The molecule has 0 atom stereocenters. The van der Waals surface area contributed by atoms with Crippen molar-refractivity contribution in [2.75, 3.05) is 18.3 Å². The normalized spacial score (nSPS) is 11.9. The molecule has 0 saturated carbocycles. The Bertz CT molecular complexity index is 170. The van der Waals surface area contributed by atoms with Crippen LogP contribution in [0.1, 0.15) is 13.8 Å². The molecule has 0 aromatic rings. The Kier molecular flexibility index (Phi) is 3.52. The van der Waals surface area contributed by atoms with Gasteiger partial charge in [0.05, 0.1) is 0 Å². The molecule has 2 heteroatoms. The van der Waals surface area contributed by atoms with Crippen molar-refractivity contribution in [2.45, 2.75) is 13.8 Å². The molecule has 0 N–H and O–H groups in total. The summed E-state index contributed by atoms with van der Waals surface area (Å²) in [5, 5.41) is 11.0. The molecule has 10 heavy (non-hydrogen) atoms. The highest BCUT2D eigenvalue weighted by molar-refractivity contribution is 8.36. The third-order valence-electron chi connectivity index (χ3n) is 1.16. The Balaban J connectivity index is 3.94. The molecule has 0 aliphatic heterocycles. The van der Waals surface area contributed by atoms with Crippen molar-refractivity contribution in [2.24, 2.45) is 0 Å². The van der Waals surface area contributed by atoms with Crippen LogP contribution in [0.25, 0.3) is 0 Å². The van der Waals surface area contributed by atoms with E-state index in [4.69, 9.17) is 5.26 Å². The number of hydrogen-bond donors (Lipinski definition) is 0. The van der Waals surface area contributed by atoms with Gasteiger partial charge in [-0.3, -0.25) is 0 Å². The first-order chi connectivity index (χ1) is 4.48. The smallest absolute Gasteiger partial charge is 0.113 e. The van der Waals surface area contributed by atoms with Gasteiger partial charge in [-0.2, -0.15) is 15.3 Å². The van der Waals surface area contributed by atoms with Gasteiger partial charge in [-0.15, -0.1) is 0 Å². The number of nitriles is 1. The zero-order valence-corrected chi connectivity index (χ0v) is 7.96. The van der Waals surface area contributed by atoms with Crippen LogP contribution in [0.15, 0.2) is 11.6 Å². The SMILES string of the molecule is CC(C)=CCS(C)(C)C#N. The van der Waals surface area contributed by atoms with E-state index in [0.29, 0.717) is 0 Å². The highest BCUT2D eigenvalue weighted by Gasteiger charge is 2.06. The fourth-order valence-corrected chi connectivity index (χ4v) is 1.24. The molecule has 1 nitrogen and oxygen atoms in total. The molecule has 0 fully saturated rings. The largest absolute Gasteiger partial charge is 0.187 e. The van der Waals surface area contributed by atoms with Crippen molar-refractivity contribution in [3.63, 3.8) is 0 Å². The molecule has 0 bridgehead atoms. The fourth-order valence-electron chi connectivity index (χ4n) is 0.412. The summed E-state index contributed by atoms with van der Waals surface area (Å²) in [5.41, 5.74) is 1.30. The van der Waals surface area contributed by atoms with Crippen molar-refractivity contribution >= 4 is 10.0 Å². The Labute approximate surface area is 65.1 Å². The van der Waals surface area contributed by atoms with Gasteiger partial charge < -0.3 is 0 Å². The molecule has 0 aliphatic rings. The van der Waals surface area contributed by atoms with Crippen LogP contribution < -0.4 is 0 Å². The maximum atomic E-state index is 8.66. The fraction of sp³-hybridized carbons (Fsp3) is 0.625. The molecule has 0 aromatic carbocycles. The number of thiocyanates is 1. The topological polar surface area (TPSA) is 23.8 Å². The second kappa shape index (κ2) is 3.68. The molecule has 0 aromatic heterocycles. The third-order valence-corrected chi connectivity index (χ3v) is 2.65. The number of nitrogens with zero attached hydrogens (tertiary/aromatic N) is 1. The predicted octanol–water partition coefficient (Wildman–Crippen LogP) is 2.50. The van der Waals surface area contributed by atoms with Crippen LogP contribution in [0.2, 0.25) is 0 Å². The number of rotatable bonds is 2. The highest BCUT2D eigenvalue weighted by Crippen LogP contribution is 2.37. The van der Waals surface area contributed by atoms with Crippen LogP contribution in [-0.4, -0.2) is 18.3 Å². The second-order valence-electron chi connectivity index (χ2n) is 3.08. The van der Waals surface area contributed by atoms with Crippen LogP contribution in [-0.2, 0) is 0 Å². The van der Waals surface area contributed by atoms with E-state index in [1.165, 1.54) is 5.57 Å². The van der Waals surface area contributed by atoms with Gasteiger partial charge in [0.1, 0.15) is 5.40 Å². The highest BCUT2D eigenvalue weighted by atomic mass is 32.3. The second-order valence-corrected chi connectivity index (χ2v) is 6.67. The zero-order chi connectivity index (χ0) is 8.20. The average molecular weight is 157 g/mol. The van der Waals surface area contributed by atoms with E-state index >= 15 is 0 Å². The molecular formula is C8H15NS.